The van der Waals surface area contributed by atoms with Crippen LogP contribution in [0.1, 0.15) is 18.5 Å². The van der Waals surface area contributed by atoms with Gasteiger partial charge in [-0.1, -0.05) is 72.4 Å². The fourth-order valence-corrected chi connectivity index (χ4v) is 4.13. The second-order valence-corrected chi connectivity index (χ2v) is 7.97. The average Bonchev–Trinajstić information content (AvgIpc) is 2.78. The number of aromatic nitrogens is 2. The van der Waals surface area contributed by atoms with E-state index in [2.05, 4.69) is 15.5 Å². The number of amides is 1. The summed E-state index contributed by atoms with van der Waals surface area (Å²) in [4.78, 5) is 12.4. The van der Waals surface area contributed by atoms with Gasteiger partial charge in [-0.3, -0.25) is 4.79 Å². The molecule has 4 rings (SSSR count). The van der Waals surface area contributed by atoms with Gasteiger partial charge in [0.1, 0.15) is 22.4 Å². The van der Waals surface area contributed by atoms with Gasteiger partial charge in [-0.15, -0.1) is 10.2 Å². The SMILES string of the molecule is CC(NC(=O)CSc1nnc(-c2ccccc2)c2ccccc12)c1ccc(F)cc1F. The van der Waals surface area contributed by atoms with Crippen molar-refractivity contribution in [3.05, 3.63) is 90.0 Å². The van der Waals surface area contributed by atoms with Crippen molar-refractivity contribution >= 4 is 28.4 Å². The fraction of sp³-hybridized carbons (Fsp3) is 0.125. The molecule has 0 aliphatic rings. The molecule has 0 saturated carbocycles. The molecule has 0 aliphatic carbocycles. The molecule has 1 aromatic heterocycles. The number of thioether (sulfide) groups is 1. The van der Waals surface area contributed by atoms with Gasteiger partial charge in [0.15, 0.2) is 0 Å². The third kappa shape index (κ3) is 4.72. The molecule has 31 heavy (non-hydrogen) atoms. The maximum absolute atomic E-state index is 13.9. The number of carbonyl (C=O) groups excluding carboxylic acids is 1. The molecule has 0 aliphatic heterocycles. The van der Waals surface area contributed by atoms with Crippen molar-refractivity contribution in [2.24, 2.45) is 0 Å². The highest BCUT2D eigenvalue weighted by atomic mass is 32.2. The van der Waals surface area contributed by atoms with Crippen molar-refractivity contribution in [3.8, 4) is 11.3 Å². The Morgan fingerprint density at radius 3 is 2.42 bits per heavy atom. The second kappa shape index (κ2) is 9.22. The molecule has 0 radical (unpaired) electrons. The maximum atomic E-state index is 13.9. The smallest absolute Gasteiger partial charge is 0.230 e. The zero-order chi connectivity index (χ0) is 21.8. The number of carbonyl (C=O) groups is 1. The Kier molecular flexibility index (Phi) is 6.23. The summed E-state index contributed by atoms with van der Waals surface area (Å²) in [6.07, 6.45) is 0. The van der Waals surface area contributed by atoms with Gasteiger partial charge >= 0.3 is 0 Å². The summed E-state index contributed by atoms with van der Waals surface area (Å²) in [7, 11) is 0. The van der Waals surface area contributed by atoms with E-state index >= 15 is 0 Å². The lowest BCUT2D eigenvalue weighted by atomic mass is 10.1. The molecule has 7 heteroatoms. The molecule has 1 unspecified atom stereocenters. The molecule has 4 aromatic rings. The monoisotopic (exact) mass is 435 g/mol. The summed E-state index contributed by atoms with van der Waals surface area (Å²) in [6, 6.07) is 20.3. The Balaban J connectivity index is 1.50. The van der Waals surface area contributed by atoms with Crippen LogP contribution in [0, 0.1) is 11.6 Å². The van der Waals surface area contributed by atoms with E-state index in [9.17, 15) is 13.6 Å². The van der Waals surface area contributed by atoms with Gasteiger partial charge in [-0.25, -0.2) is 8.78 Å². The Morgan fingerprint density at radius 2 is 1.68 bits per heavy atom. The molecule has 0 spiro atoms. The first-order chi connectivity index (χ1) is 15.0. The van der Waals surface area contributed by atoms with Gasteiger partial charge in [-0.05, 0) is 13.0 Å². The highest BCUT2D eigenvalue weighted by molar-refractivity contribution is 8.00. The van der Waals surface area contributed by atoms with Crippen LogP contribution in [0.15, 0.2) is 77.8 Å². The van der Waals surface area contributed by atoms with Crippen LogP contribution in [-0.4, -0.2) is 21.9 Å². The number of fused-ring (bicyclic) bond motifs is 1. The average molecular weight is 435 g/mol. The van der Waals surface area contributed by atoms with Crippen molar-refractivity contribution in [1.29, 1.82) is 0 Å². The van der Waals surface area contributed by atoms with Crippen molar-refractivity contribution in [3.63, 3.8) is 0 Å². The quantitative estimate of drug-likeness (QED) is 0.404. The minimum absolute atomic E-state index is 0.0938. The van der Waals surface area contributed by atoms with Gasteiger partial charge in [0.25, 0.3) is 0 Å². The van der Waals surface area contributed by atoms with Crippen LogP contribution < -0.4 is 5.32 Å². The highest BCUT2D eigenvalue weighted by Gasteiger charge is 2.16. The minimum atomic E-state index is -0.686. The third-order valence-corrected chi connectivity index (χ3v) is 5.83. The van der Waals surface area contributed by atoms with E-state index in [0.717, 1.165) is 28.1 Å². The number of nitrogens with zero attached hydrogens (tertiary/aromatic N) is 2. The topological polar surface area (TPSA) is 54.9 Å². The summed E-state index contributed by atoms with van der Waals surface area (Å²) in [5, 5.41) is 14.0. The van der Waals surface area contributed by atoms with Gasteiger partial charge in [0.2, 0.25) is 5.91 Å². The molecule has 4 nitrogen and oxygen atoms in total. The van der Waals surface area contributed by atoms with Crippen LogP contribution in [0.2, 0.25) is 0 Å². The molecule has 1 N–H and O–H groups in total. The second-order valence-electron chi connectivity index (χ2n) is 7.01. The minimum Gasteiger partial charge on any atom is -0.349 e. The lowest BCUT2D eigenvalue weighted by Crippen LogP contribution is -2.28. The molecular weight excluding hydrogens is 416 g/mol. The highest BCUT2D eigenvalue weighted by Crippen LogP contribution is 2.31. The summed E-state index contributed by atoms with van der Waals surface area (Å²) in [5.41, 5.74) is 1.98. The van der Waals surface area contributed by atoms with E-state index in [1.807, 2.05) is 54.6 Å². The van der Waals surface area contributed by atoms with Crippen LogP contribution in [0.25, 0.3) is 22.0 Å². The number of nitrogens with one attached hydrogen (secondary N) is 1. The molecule has 156 valence electrons. The molecule has 3 aromatic carbocycles. The number of rotatable bonds is 6. The molecular formula is C24H19F2N3OS. The Bertz CT molecular complexity index is 1230. The standard InChI is InChI=1S/C24H19F2N3OS/c1-15(18-12-11-17(25)13-21(18)26)27-22(30)14-31-24-20-10-6-5-9-19(20)23(28-29-24)16-7-3-2-4-8-16/h2-13,15H,14H2,1H3,(H,27,30). The van der Waals surface area contributed by atoms with E-state index in [4.69, 9.17) is 0 Å². The summed E-state index contributed by atoms with van der Waals surface area (Å²) in [6.45, 7) is 1.66. The van der Waals surface area contributed by atoms with Crippen molar-refractivity contribution in [2.45, 2.75) is 18.0 Å². The summed E-state index contributed by atoms with van der Waals surface area (Å²) >= 11 is 1.27. The van der Waals surface area contributed by atoms with E-state index in [1.165, 1.54) is 23.9 Å². The lowest BCUT2D eigenvalue weighted by molar-refractivity contribution is -0.119. The fourth-order valence-electron chi connectivity index (χ4n) is 3.34. The van der Waals surface area contributed by atoms with Gasteiger partial charge in [0.05, 0.1) is 11.8 Å². The third-order valence-electron chi connectivity index (χ3n) is 4.85. The Labute approximate surface area is 182 Å². The van der Waals surface area contributed by atoms with Crippen LogP contribution in [0.5, 0.6) is 0 Å². The number of hydrogen-bond acceptors (Lipinski definition) is 4. The number of hydrogen-bond donors (Lipinski definition) is 1. The molecule has 1 amide bonds. The van der Waals surface area contributed by atoms with Gasteiger partial charge in [0, 0.05) is 28.0 Å². The zero-order valence-electron chi connectivity index (χ0n) is 16.7. The Hall–Kier alpha value is -3.32. The summed E-state index contributed by atoms with van der Waals surface area (Å²) < 4.78 is 27.0. The normalized spacial score (nSPS) is 12.0. The van der Waals surface area contributed by atoms with Crippen LogP contribution in [0.4, 0.5) is 8.78 Å². The Morgan fingerprint density at radius 1 is 0.968 bits per heavy atom. The first kappa shape index (κ1) is 20.9. The maximum Gasteiger partial charge on any atom is 0.230 e. The largest absolute Gasteiger partial charge is 0.349 e. The lowest BCUT2D eigenvalue weighted by Gasteiger charge is -2.15. The molecule has 1 atom stereocenters. The molecule has 0 fully saturated rings. The van der Waals surface area contributed by atoms with E-state index < -0.39 is 17.7 Å². The van der Waals surface area contributed by atoms with Crippen molar-refractivity contribution in [1.82, 2.24) is 15.5 Å². The molecule has 0 saturated heterocycles. The first-order valence-corrected chi connectivity index (χ1v) is 10.7. The number of benzene rings is 3. The number of halogens is 2. The van der Waals surface area contributed by atoms with Gasteiger partial charge < -0.3 is 5.32 Å². The van der Waals surface area contributed by atoms with Crippen LogP contribution >= 0.6 is 11.8 Å². The van der Waals surface area contributed by atoms with Crippen LogP contribution in [0.3, 0.4) is 0 Å². The van der Waals surface area contributed by atoms with E-state index in [1.54, 1.807) is 6.92 Å². The van der Waals surface area contributed by atoms with Gasteiger partial charge in [-0.2, -0.15) is 0 Å². The first-order valence-electron chi connectivity index (χ1n) is 9.71. The van der Waals surface area contributed by atoms with E-state index in [-0.39, 0.29) is 17.2 Å². The molecule has 0 bridgehead atoms. The van der Waals surface area contributed by atoms with Crippen LogP contribution in [-0.2, 0) is 4.79 Å². The molecule has 1 heterocycles. The predicted molar refractivity (Wildman–Crippen MR) is 119 cm³/mol. The predicted octanol–water partition coefficient (Wildman–Crippen LogP) is 5.54. The summed E-state index contributed by atoms with van der Waals surface area (Å²) in [5.74, 6) is -1.52. The van der Waals surface area contributed by atoms with Crippen molar-refractivity contribution < 1.29 is 13.6 Å². The zero-order valence-corrected chi connectivity index (χ0v) is 17.5. The van der Waals surface area contributed by atoms with Crippen molar-refractivity contribution in [2.75, 3.05) is 5.75 Å². The van der Waals surface area contributed by atoms with E-state index in [0.29, 0.717) is 5.03 Å².